The summed E-state index contributed by atoms with van der Waals surface area (Å²) in [6.07, 6.45) is -1.06. The molecular weight excluding hydrogens is 426 g/mol. The monoisotopic (exact) mass is 447 g/mol. The largest absolute Gasteiger partial charge is 0.496 e. The van der Waals surface area contributed by atoms with Crippen LogP contribution in [0.2, 0.25) is 0 Å². The van der Waals surface area contributed by atoms with Crippen molar-refractivity contribution in [3.63, 3.8) is 0 Å². The summed E-state index contributed by atoms with van der Waals surface area (Å²) in [5.74, 6) is 0.0643. The van der Waals surface area contributed by atoms with Crippen molar-refractivity contribution < 1.29 is 22.3 Å². The maximum absolute atomic E-state index is 14.3. The topological polar surface area (TPSA) is 57.2 Å². The van der Waals surface area contributed by atoms with Gasteiger partial charge in [-0.1, -0.05) is 6.07 Å². The number of ether oxygens (including phenoxy) is 1. The van der Waals surface area contributed by atoms with E-state index in [1.54, 1.807) is 42.5 Å². The molecule has 0 saturated carbocycles. The highest BCUT2D eigenvalue weighted by Crippen LogP contribution is 2.38. The molecule has 0 aliphatic heterocycles. The lowest BCUT2D eigenvalue weighted by Gasteiger charge is -2.12. The Morgan fingerprint density at radius 2 is 1.84 bits per heavy atom. The standard InChI is InChI=1S/C22H21F4N5O/c1-13(2)31-11-17(20(29-31)22(24,25)26)15-9-7-14(30-12-27-28-21(15)30)8-10-16-18(23)5-4-6-19(16)32-3/h4-7,9,11-13H,8,10H2,1-3H3. The number of rotatable bonds is 6. The number of fused-ring (bicyclic) bond motifs is 1. The second-order valence-electron chi connectivity index (χ2n) is 7.65. The van der Waals surface area contributed by atoms with E-state index < -0.39 is 11.9 Å². The molecule has 0 spiro atoms. The zero-order valence-electron chi connectivity index (χ0n) is 17.7. The van der Waals surface area contributed by atoms with Gasteiger partial charge in [0.1, 0.15) is 17.9 Å². The van der Waals surface area contributed by atoms with Gasteiger partial charge in [-0.2, -0.15) is 18.3 Å². The highest BCUT2D eigenvalue weighted by atomic mass is 19.4. The van der Waals surface area contributed by atoms with Gasteiger partial charge >= 0.3 is 6.18 Å². The van der Waals surface area contributed by atoms with Gasteiger partial charge in [-0.3, -0.25) is 9.08 Å². The smallest absolute Gasteiger partial charge is 0.435 e. The first-order valence-corrected chi connectivity index (χ1v) is 10.0. The van der Waals surface area contributed by atoms with E-state index in [-0.39, 0.29) is 28.6 Å². The highest BCUT2D eigenvalue weighted by molar-refractivity contribution is 5.79. The molecule has 0 aliphatic carbocycles. The molecule has 0 radical (unpaired) electrons. The minimum absolute atomic E-state index is 0.0634. The Balaban J connectivity index is 1.75. The number of benzene rings is 1. The molecule has 4 aromatic rings. The third-order valence-corrected chi connectivity index (χ3v) is 5.29. The lowest BCUT2D eigenvalue weighted by molar-refractivity contribution is -0.141. The van der Waals surface area contributed by atoms with Crippen LogP contribution in [0.25, 0.3) is 16.8 Å². The van der Waals surface area contributed by atoms with Gasteiger partial charge < -0.3 is 4.74 Å². The third-order valence-electron chi connectivity index (χ3n) is 5.29. The number of pyridine rings is 1. The number of hydrogen-bond donors (Lipinski definition) is 0. The SMILES string of the molecule is COc1cccc(F)c1CCc1ccc(-c2cn(C(C)C)nc2C(F)(F)F)c2nncn12. The molecule has 10 heteroatoms. The van der Waals surface area contributed by atoms with Crippen molar-refractivity contribution >= 4 is 5.65 Å². The van der Waals surface area contributed by atoms with Crippen LogP contribution in [0.1, 0.15) is 36.8 Å². The van der Waals surface area contributed by atoms with E-state index in [0.29, 0.717) is 24.2 Å². The average Bonchev–Trinajstić information content (AvgIpc) is 3.40. The summed E-state index contributed by atoms with van der Waals surface area (Å²) in [4.78, 5) is 0. The van der Waals surface area contributed by atoms with Gasteiger partial charge in [0.15, 0.2) is 11.3 Å². The second kappa shape index (κ2) is 8.25. The molecule has 4 rings (SSSR count). The summed E-state index contributed by atoms with van der Waals surface area (Å²) in [7, 11) is 1.47. The lowest BCUT2D eigenvalue weighted by atomic mass is 10.0. The molecule has 0 amide bonds. The van der Waals surface area contributed by atoms with E-state index in [2.05, 4.69) is 15.3 Å². The molecule has 3 aromatic heterocycles. The summed E-state index contributed by atoms with van der Waals surface area (Å²) in [6.45, 7) is 3.51. The fourth-order valence-corrected chi connectivity index (χ4v) is 3.67. The molecule has 0 bridgehead atoms. The van der Waals surface area contributed by atoms with E-state index in [1.807, 2.05) is 0 Å². The van der Waals surface area contributed by atoms with Crippen LogP contribution in [0.4, 0.5) is 17.6 Å². The Bertz CT molecular complexity index is 1260. The van der Waals surface area contributed by atoms with Crippen molar-refractivity contribution in [2.45, 2.75) is 38.9 Å². The maximum Gasteiger partial charge on any atom is 0.435 e. The molecule has 0 aliphatic rings. The summed E-state index contributed by atoms with van der Waals surface area (Å²) < 4.78 is 63.4. The number of hydrogen-bond acceptors (Lipinski definition) is 4. The fourth-order valence-electron chi connectivity index (χ4n) is 3.67. The van der Waals surface area contributed by atoms with E-state index in [0.717, 1.165) is 5.69 Å². The first-order chi connectivity index (χ1) is 15.2. The Hall–Kier alpha value is -3.43. The third kappa shape index (κ3) is 3.92. The Morgan fingerprint density at radius 3 is 2.53 bits per heavy atom. The lowest BCUT2D eigenvalue weighted by Crippen LogP contribution is -2.10. The summed E-state index contributed by atoms with van der Waals surface area (Å²) in [5.41, 5.74) is 0.666. The number of aromatic nitrogens is 5. The second-order valence-corrected chi connectivity index (χ2v) is 7.65. The average molecular weight is 447 g/mol. The molecule has 6 nitrogen and oxygen atoms in total. The van der Waals surface area contributed by atoms with Gasteiger partial charge in [0, 0.05) is 34.6 Å². The highest BCUT2D eigenvalue weighted by Gasteiger charge is 2.38. The Morgan fingerprint density at radius 1 is 1.06 bits per heavy atom. The van der Waals surface area contributed by atoms with Gasteiger partial charge in [-0.25, -0.2) is 4.39 Å². The summed E-state index contributed by atoms with van der Waals surface area (Å²) in [6, 6.07) is 7.65. The first-order valence-electron chi connectivity index (χ1n) is 10.0. The van der Waals surface area contributed by atoms with Crippen LogP contribution in [0.15, 0.2) is 42.9 Å². The Kier molecular flexibility index (Phi) is 5.62. The number of nitrogens with zero attached hydrogens (tertiary/aromatic N) is 5. The van der Waals surface area contributed by atoms with Gasteiger partial charge in [0.2, 0.25) is 0 Å². The zero-order chi connectivity index (χ0) is 23.0. The predicted molar refractivity (Wildman–Crippen MR) is 110 cm³/mol. The van der Waals surface area contributed by atoms with Crippen LogP contribution in [0, 0.1) is 5.82 Å². The van der Waals surface area contributed by atoms with Crippen molar-refractivity contribution in [2.24, 2.45) is 0 Å². The summed E-state index contributed by atoms with van der Waals surface area (Å²) >= 11 is 0. The molecule has 32 heavy (non-hydrogen) atoms. The van der Waals surface area contributed by atoms with Crippen LogP contribution in [0.3, 0.4) is 0 Å². The van der Waals surface area contributed by atoms with Crippen molar-refractivity contribution in [2.75, 3.05) is 7.11 Å². The van der Waals surface area contributed by atoms with E-state index in [4.69, 9.17) is 4.74 Å². The predicted octanol–water partition coefficient (Wildman–Crippen LogP) is 5.13. The number of halogens is 4. The van der Waals surface area contributed by atoms with Crippen LogP contribution >= 0.6 is 0 Å². The van der Waals surface area contributed by atoms with Gasteiger partial charge in [-0.05, 0) is 51.0 Å². The number of methoxy groups -OCH3 is 1. The quantitative estimate of drug-likeness (QED) is 0.385. The Labute approximate surface area is 181 Å². The number of aryl methyl sites for hydroxylation is 1. The van der Waals surface area contributed by atoms with E-state index in [1.165, 1.54) is 30.4 Å². The molecule has 1 aromatic carbocycles. The van der Waals surface area contributed by atoms with Gasteiger partial charge in [-0.15, -0.1) is 10.2 Å². The van der Waals surface area contributed by atoms with Crippen molar-refractivity contribution in [3.8, 4) is 16.9 Å². The minimum atomic E-state index is -4.62. The molecule has 168 valence electrons. The minimum Gasteiger partial charge on any atom is -0.496 e. The molecule has 0 unspecified atom stereocenters. The maximum atomic E-state index is 14.3. The van der Waals surface area contributed by atoms with Crippen molar-refractivity contribution in [1.82, 2.24) is 24.4 Å². The van der Waals surface area contributed by atoms with Gasteiger partial charge in [0.25, 0.3) is 0 Å². The number of alkyl halides is 3. The van der Waals surface area contributed by atoms with E-state index >= 15 is 0 Å². The molecular formula is C22H21F4N5O. The normalized spacial score (nSPS) is 12.1. The van der Waals surface area contributed by atoms with Crippen LogP contribution in [-0.2, 0) is 19.0 Å². The zero-order valence-corrected chi connectivity index (χ0v) is 17.7. The van der Waals surface area contributed by atoms with Crippen LogP contribution in [0.5, 0.6) is 5.75 Å². The van der Waals surface area contributed by atoms with Crippen LogP contribution in [-0.4, -0.2) is 31.5 Å². The van der Waals surface area contributed by atoms with Crippen molar-refractivity contribution in [3.05, 3.63) is 65.6 Å². The molecule has 3 heterocycles. The van der Waals surface area contributed by atoms with Gasteiger partial charge in [0.05, 0.1) is 7.11 Å². The van der Waals surface area contributed by atoms with E-state index in [9.17, 15) is 17.6 Å². The molecule has 0 N–H and O–H groups in total. The fraction of sp³-hybridized carbons (Fsp3) is 0.318. The van der Waals surface area contributed by atoms with Crippen LogP contribution < -0.4 is 4.74 Å². The molecule has 0 saturated heterocycles. The summed E-state index contributed by atoms with van der Waals surface area (Å²) in [5, 5.41) is 11.7. The molecule has 0 atom stereocenters. The first kappa shape index (κ1) is 21.8. The van der Waals surface area contributed by atoms with Crippen molar-refractivity contribution in [1.29, 1.82) is 0 Å². The molecule has 0 fully saturated rings.